The molecule has 0 saturated carbocycles. The van der Waals surface area contributed by atoms with Crippen LogP contribution in [0.5, 0.6) is 17.2 Å². The van der Waals surface area contributed by atoms with Crippen LogP contribution in [0.15, 0.2) is 12.1 Å². The molecule has 5 nitrogen and oxygen atoms in total. The first-order valence-electron chi connectivity index (χ1n) is 6.50. The quantitative estimate of drug-likeness (QED) is 0.821. The molecule has 1 aliphatic heterocycles. The molecule has 1 heterocycles. The van der Waals surface area contributed by atoms with Crippen LogP contribution in [-0.2, 0) is 11.3 Å². The summed E-state index contributed by atoms with van der Waals surface area (Å²) in [6, 6.07) is 3.61. The molecule has 0 aliphatic carbocycles. The van der Waals surface area contributed by atoms with Crippen LogP contribution in [0, 0.1) is 0 Å². The van der Waals surface area contributed by atoms with Crippen LogP contribution >= 0.6 is 0 Å². The smallest absolute Gasteiger partial charge is 0.200 e. The predicted octanol–water partition coefficient (Wildman–Crippen LogP) is 1.68. The fourth-order valence-electron chi connectivity index (χ4n) is 2.23. The zero-order valence-electron chi connectivity index (χ0n) is 11.4. The third kappa shape index (κ3) is 3.52. The van der Waals surface area contributed by atoms with E-state index in [1.807, 2.05) is 0 Å². The van der Waals surface area contributed by atoms with Crippen LogP contribution < -0.4 is 14.8 Å². The summed E-state index contributed by atoms with van der Waals surface area (Å²) in [5, 5.41) is 13.2. The van der Waals surface area contributed by atoms with Gasteiger partial charge in [-0.15, -0.1) is 0 Å². The maximum atomic E-state index is 9.82. The molecule has 0 aromatic heterocycles. The molecule has 19 heavy (non-hydrogen) atoms. The van der Waals surface area contributed by atoms with Gasteiger partial charge in [-0.2, -0.15) is 0 Å². The van der Waals surface area contributed by atoms with Gasteiger partial charge in [-0.1, -0.05) is 0 Å². The molecule has 5 heteroatoms. The van der Waals surface area contributed by atoms with Gasteiger partial charge in [0, 0.05) is 19.7 Å². The van der Waals surface area contributed by atoms with E-state index in [9.17, 15) is 5.11 Å². The van der Waals surface area contributed by atoms with Gasteiger partial charge < -0.3 is 24.6 Å². The molecule has 0 radical (unpaired) electrons. The summed E-state index contributed by atoms with van der Waals surface area (Å²) in [7, 11) is 3.05. The van der Waals surface area contributed by atoms with Crippen LogP contribution in [0.25, 0.3) is 0 Å². The van der Waals surface area contributed by atoms with Crippen LogP contribution in [-0.4, -0.2) is 38.6 Å². The van der Waals surface area contributed by atoms with E-state index in [4.69, 9.17) is 14.2 Å². The van der Waals surface area contributed by atoms with Gasteiger partial charge in [-0.25, -0.2) is 0 Å². The number of hydrogen-bond acceptors (Lipinski definition) is 5. The fraction of sp³-hybridized carbons (Fsp3) is 0.571. The topological polar surface area (TPSA) is 60.0 Å². The van der Waals surface area contributed by atoms with Crippen molar-refractivity contribution in [1.29, 1.82) is 0 Å². The van der Waals surface area contributed by atoms with E-state index in [2.05, 4.69) is 5.32 Å². The van der Waals surface area contributed by atoms with Crippen molar-refractivity contribution in [2.24, 2.45) is 0 Å². The zero-order chi connectivity index (χ0) is 13.7. The highest BCUT2D eigenvalue weighted by Crippen LogP contribution is 2.36. The van der Waals surface area contributed by atoms with Crippen molar-refractivity contribution in [3.05, 3.63) is 17.7 Å². The first kappa shape index (κ1) is 14.0. The Kier molecular flexibility index (Phi) is 4.87. The SMILES string of the molecule is COc1cc(CNC[C@@H]2CCCO2)cc(OC)c1O. The lowest BCUT2D eigenvalue weighted by Gasteiger charge is -2.13. The van der Waals surface area contributed by atoms with Crippen LogP contribution in [0.3, 0.4) is 0 Å². The number of phenolic OH excluding ortho intramolecular Hbond substituents is 1. The molecule has 1 aromatic carbocycles. The maximum Gasteiger partial charge on any atom is 0.200 e. The van der Waals surface area contributed by atoms with Gasteiger partial charge in [0.1, 0.15) is 0 Å². The lowest BCUT2D eigenvalue weighted by molar-refractivity contribution is 0.110. The number of nitrogens with one attached hydrogen (secondary N) is 1. The minimum atomic E-state index is 0.0351. The summed E-state index contributed by atoms with van der Waals surface area (Å²) >= 11 is 0. The molecule has 1 atom stereocenters. The molecule has 1 saturated heterocycles. The maximum absolute atomic E-state index is 9.82. The third-order valence-electron chi connectivity index (χ3n) is 3.26. The Balaban J connectivity index is 1.95. The average molecular weight is 267 g/mol. The van der Waals surface area contributed by atoms with Crippen molar-refractivity contribution in [2.45, 2.75) is 25.5 Å². The molecule has 0 unspecified atom stereocenters. The van der Waals surface area contributed by atoms with Gasteiger partial charge in [0.05, 0.1) is 20.3 Å². The van der Waals surface area contributed by atoms with E-state index >= 15 is 0 Å². The van der Waals surface area contributed by atoms with Gasteiger partial charge in [0.2, 0.25) is 5.75 Å². The van der Waals surface area contributed by atoms with Crippen molar-refractivity contribution in [3.63, 3.8) is 0 Å². The summed E-state index contributed by atoms with van der Waals surface area (Å²) in [4.78, 5) is 0. The number of rotatable bonds is 6. The summed E-state index contributed by atoms with van der Waals surface area (Å²) in [5.41, 5.74) is 1.00. The third-order valence-corrected chi connectivity index (χ3v) is 3.26. The molecule has 0 spiro atoms. The molecular weight excluding hydrogens is 246 g/mol. The number of aromatic hydroxyl groups is 1. The monoisotopic (exact) mass is 267 g/mol. The first-order chi connectivity index (χ1) is 9.24. The second kappa shape index (κ2) is 6.63. The minimum absolute atomic E-state index is 0.0351. The van der Waals surface area contributed by atoms with Crippen LogP contribution in [0.4, 0.5) is 0 Å². The molecule has 106 valence electrons. The first-order valence-corrected chi connectivity index (χ1v) is 6.50. The highest BCUT2D eigenvalue weighted by Gasteiger charge is 2.15. The predicted molar refractivity (Wildman–Crippen MR) is 71.9 cm³/mol. The highest BCUT2D eigenvalue weighted by molar-refractivity contribution is 5.52. The van der Waals surface area contributed by atoms with E-state index in [0.29, 0.717) is 24.1 Å². The van der Waals surface area contributed by atoms with Crippen molar-refractivity contribution < 1.29 is 19.3 Å². The normalized spacial score (nSPS) is 18.5. The lowest BCUT2D eigenvalue weighted by atomic mass is 10.1. The second-order valence-electron chi connectivity index (χ2n) is 4.61. The standard InChI is InChI=1S/C14H21NO4/c1-17-12-6-10(7-13(18-2)14(12)16)8-15-9-11-4-3-5-19-11/h6-7,11,15-16H,3-5,8-9H2,1-2H3/t11-/m0/s1. The minimum Gasteiger partial charge on any atom is -0.502 e. The van der Waals surface area contributed by atoms with Crippen LogP contribution in [0.2, 0.25) is 0 Å². The van der Waals surface area contributed by atoms with E-state index < -0.39 is 0 Å². The molecular formula is C14H21NO4. The Hall–Kier alpha value is -1.46. The summed E-state index contributed by atoms with van der Waals surface area (Å²) < 4.78 is 15.8. The summed E-state index contributed by atoms with van der Waals surface area (Å²) in [5.74, 6) is 0.884. The molecule has 1 aromatic rings. The zero-order valence-corrected chi connectivity index (χ0v) is 11.4. The Morgan fingerprint density at radius 2 is 2.00 bits per heavy atom. The van der Waals surface area contributed by atoms with Crippen molar-refractivity contribution in [1.82, 2.24) is 5.32 Å². The number of phenols is 1. The van der Waals surface area contributed by atoms with Crippen molar-refractivity contribution in [3.8, 4) is 17.2 Å². The highest BCUT2D eigenvalue weighted by atomic mass is 16.5. The average Bonchev–Trinajstić information content (AvgIpc) is 2.93. The number of ether oxygens (including phenoxy) is 3. The van der Waals surface area contributed by atoms with Gasteiger partial charge in [-0.05, 0) is 30.5 Å². The second-order valence-corrected chi connectivity index (χ2v) is 4.61. The van der Waals surface area contributed by atoms with E-state index in [1.54, 1.807) is 12.1 Å². The molecule has 0 bridgehead atoms. The van der Waals surface area contributed by atoms with Gasteiger partial charge in [0.15, 0.2) is 11.5 Å². The van der Waals surface area contributed by atoms with Crippen molar-refractivity contribution in [2.75, 3.05) is 27.4 Å². The fourth-order valence-corrected chi connectivity index (χ4v) is 2.23. The molecule has 0 amide bonds. The lowest BCUT2D eigenvalue weighted by Crippen LogP contribution is -2.25. The number of benzene rings is 1. The summed E-state index contributed by atoms with van der Waals surface area (Å²) in [6.45, 7) is 2.39. The Bertz CT molecular complexity index is 391. The van der Waals surface area contributed by atoms with Crippen LogP contribution in [0.1, 0.15) is 18.4 Å². The van der Waals surface area contributed by atoms with Gasteiger partial charge >= 0.3 is 0 Å². The molecule has 1 fully saturated rings. The summed E-state index contributed by atoms with van der Waals surface area (Å²) in [6.07, 6.45) is 2.59. The van der Waals surface area contributed by atoms with Gasteiger partial charge in [-0.3, -0.25) is 0 Å². The van der Waals surface area contributed by atoms with E-state index in [-0.39, 0.29) is 5.75 Å². The van der Waals surface area contributed by atoms with Crippen molar-refractivity contribution >= 4 is 0 Å². The van der Waals surface area contributed by atoms with E-state index in [1.165, 1.54) is 14.2 Å². The molecule has 2 rings (SSSR count). The number of methoxy groups -OCH3 is 2. The molecule has 2 N–H and O–H groups in total. The Morgan fingerprint density at radius 3 is 2.53 bits per heavy atom. The molecule has 1 aliphatic rings. The Morgan fingerprint density at radius 1 is 1.32 bits per heavy atom. The Labute approximate surface area is 113 Å². The van der Waals surface area contributed by atoms with E-state index in [0.717, 1.165) is 31.6 Å². The largest absolute Gasteiger partial charge is 0.502 e. The number of hydrogen-bond donors (Lipinski definition) is 2. The van der Waals surface area contributed by atoms with Gasteiger partial charge in [0.25, 0.3) is 0 Å².